The van der Waals surface area contributed by atoms with E-state index in [4.69, 9.17) is 0 Å². The number of hydrogen-bond donors (Lipinski definition) is 1. The second-order valence-electron chi connectivity index (χ2n) is 5.96. The molecule has 1 N–H and O–H groups in total. The normalized spacial score (nSPS) is 20.7. The molecule has 1 heterocycles. The van der Waals surface area contributed by atoms with Crippen LogP contribution in [-0.4, -0.2) is 24.8 Å². The van der Waals surface area contributed by atoms with Crippen LogP contribution in [0.15, 0.2) is 18.2 Å². The molecule has 2 heteroatoms. The van der Waals surface area contributed by atoms with Gasteiger partial charge in [-0.15, -0.1) is 0 Å². The van der Waals surface area contributed by atoms with E-state index in [1.54, 1.807) is 0 Å². The highest BCUT2D eigenvalue weighted by Gasteiger charge is 2.25. The summed E-state index contributed by atoms with van der Waals surface area (Å²) in [5, 5.41) is 9.28. The summed E-state index contributed by atoms with van der Waals surface area (Å²) >= 11 is 0. The quantitative estimate of drug-likeness (QED) is 0.881. The summed E-state index contributed by atoms with van der Waals surface area (Å²) in [5.41, 5.74) is 4.19. The lowest BCUT2D eigenvalue weighted by Gasteiger charge is -2.31. The molecular weight excluding hydrogens is 222 g/mol. The topological polar surface area (TPSA) is 23.5 Å². The molecule has 0 amide bonds. The monoisotopic (exact) mass is 245 g/mol. The molecule has 1 aromatic carbocycles. The summed E-state index contributed by atoms with van der Waals surface area (Å²) in [5.74, 6) is 1.18. The lowest BCUT2D eigenvalue weighted by Crippen LogP contribution is -2.31. The van der Waals surface area contributed by atoms with Crippen LogP contribution in [-0.2, 0) is 6.42 Å². The molecule has 3 rings (SSSR count). The van der Waals surface area contributed by atoms with Gasteiger partial charge in [0.15, 0.2) is 0 Å². The van der Waals surface area contributed by atoms with Crippen LogP contribution in [0.1, 0.15) is 43.2 Å². The van der Waals surface area contributed by atoms with Crippen molar-refractivity contribution in [1.29, 1.82) is 0 Å². The molecule has 1 saturated carbocycles. The molecule has 0 aromatic heterocycles. The summed E-state index contributed by atoms with van der Waals surface area (Å²) in [6.45, 7) is 4.75. The third kappa shape index (κ3) is 2.14. The van der Waals surface area contributed by atoms with Gasteiger partial charge in [0.05, 0.1) is 0 Å². The van der Waals surface area contributed by atoms with E-state index in [0.29, 0.717) is 0 Å². The first-order valence-corrected chi connectivity index (χ1v) is 7.26. The van der Waals surface area contributed by atoms with E-state index in [1.165, 1.54) is 55.6 Å². The van der Waals surface area contributed by atoms with E-state index >= 15 is 0 Å². The zero-order valence-electron chi connectivity index (χ0n) is 11.2. The third-order valence-electron chi connectivity index (χ3n) is 4.65. The molecule has 1 fully saturated rings. The van der Waals surface area contributed by atoms with E-state index in [0.717, 1.165) is 5.92 Å². The van der Waals surface area contributed by atoms with Crippen LogP contribution >= 0.6 is 0 Å². The Kier molecular flexibility index (Phi) is 3.29. The number of benzene rings is 1. The van der Waals surface area contributed by atoms with Crippen LogP contribution in [0.4, 0.5) is 5.69 Å². The molecular formula is C16H23NO. The number of anilines is 1. The van der Waals surface area contributed by atoms with Crippen molar-refractivity contribution in [3.05, 3.63) is 29.3 Å². The van der Waals surface area contributed by atoms with Crippen LogP contribution in [0.3, 0.4) is 0 Å². The van der Waals surface area contributed by atoms with Gasteiger partial charge < -0.3 is 10.0 Å². The molecule has 0 radical (unpaired) electrons. The van der Waals surface area contributed by atoms with Gasteiger partial charge in [0, 0.05) is 31.3 Å². The molecule has 2 nitrogen and oxygen atoms in total. The van der Waals surface area contributed by atoms with Crippen LogP contribution in [0.25, 0.3) is 0 Å². The predicted octanol–water partition coefficient (Wildman–Crippen LogP) is 2.95. The first-order chi connectivity index (χ1) is 8.78. The number of rotatable bonds is 4. The Morgan fingerprint density at radius 3 is 2.89 bits per heavy atom. The molecule has 1 aliphatic heterocycles. The predicted molar refractivity (Wildman–Crippen MR) is 75.2 cm³/mol. The fourth-order valence-electron chi connectivity index (χ4n) is 3.05. The maximum atomic E-state index is 9.28. The van der Waals surface area contributed by atoms with Gasteiger partial charge in [0.2, 0.25) is 0 Å². The Bertz CT molecular complexity index is 425. The fraction of sp³-hybridized carbons (Fsp3) is 0.625. The minimum absolute atomic E-state index is 0.238. The van der Waals surface area contributed by atoms with Crippen molar-refractivity contribution in [3.63, 3.8) is 0 Å². The van der Waals surface area contributed by atoms with Gasteiger partial charge in [-0.3, -0.25) is 0 Å². The van der Waals surface area contributed by atoms with E-state index in [9.17, 15) is 5.11 Å². The third-order valence-corrected chi connectivity index (χ3v) is 4.65. The summed E-state index contributed by atoms with van der Waals surface area (Å²) in [6, 6.07) is 6.76. The summed E-state index contributed by atoms with van der Waals surface area (Å²) < 4.78 is 0. The summed E-state index contributed by atoms with van der Waals surface area (Å²) in [7, 11) is 0. The van der Waals surface area contributed by atoms with Crippen molar-refractivity contribution in [3.8, 4) is 0 Å². The first kappa shape index (κ1) is 12.0. The molecule has 1 aliphatic carbocycles. The Hall–Kier alpha value is -1.02. The first-order valence-electron chi connectivity index (χ1n) is 7.26. The lowest BCUT2D eigenvalue weighted by atomic mass is 9.85. The van der Waals surface area contributed by atoms with Crippen molar-refractivity contribution in [2.45, 2.75) is 38.5 Å². The number of hydrogen-bond acceptors (Lipinski definition) is 2. The Morgan fingerprint density at radius 2 is 2.22 bits per heavy atom. The standard InChI is InChI=1S/C16H23NO/c1-12(11-18)15-6-5-14-7-8-17(16(14)9-15)10-13-3-2-4-13/h5-6,9,12-13,18H,2-4,7-8,10-11H2,1H3. The average Bonchev–Trinajstić information content (AvgIpc) is 2.75. The Balaban J connectivity index is 1.79. The van der Waals surface area contributed by atoms with Crippen LogP contribution in [0, 0.1) is 5.92 Å². The minimum Gasteiger partial charge on any atom is -0.396 e. The van der Waals surface area contributed by atoms with Gasteiger partial charge in [-0.2, -0.15) is 0 Å². The van der Waals surface area contributed by atoms with Crippen LogP contribution < -0.4 is 4.90 Å². The summed E-state index contributed by atoms with van der Waals surface area (Å²) in [4.78, 5) is 2.56. The molecule has 2 aliphatic rings. The van der Waals surface area contributed by atoms with Gasteiger partial charge in [-0.1, -0.05) is 25.5 Å². The Labute approximate surface area is 110 Å². The van der Waals surface area contributed by atoms with Crippen molar-refractivity contribution in [1.82, 2.24) is 0 Å². The highest BCUT2D eigenvalue weighted by molar-refractivity contribution is 5.60. The molecule has 0 saturated heterocycles. The van der Waals surface area contributed by atoms with E-state index < -0.39 is 0 Å². The molecule has 98 valence electrons. The van der Waals surface area contributed by atoms with Gasteiger partial charge in [0.25, 0.3) is 0 Å². The maximum Gasteiger partial charge on any atom is 0.0497 e. The second kappa shape index (κ2) is 4.93. The van der Waals surface area contributed by atoms with Gasteiger partial charge in [-0.25, -0.2) is 0 Å². The molecule has 0 spiro atoms. The average molecular weight is 245 g/mol. The zero-order chi connectivity index (χ0) is 12.5. The number of aliphatic hydroxyl groups is 1. The summed E-state index contributed by atoms with van der Waals surface area (Å²) in [6.07, 6.45) is 5.44. The van der Waals surface area contributed by atoms with Crippen LogP contribution in [0.2, 0.25) is 0 Å². The maximum absolute atomic E-state index is 9.28. The van der Waals surface area contributed by atoms with Gasteiger partial charge in [0.1, 0.15) is 0 Å². The highest BCUT2D eigenvalue weighted by atomic mass is 16.3. The van der Waals surface area contributed by atoms with E-state index in [-0.39, 0.29) is 12.5 Å². The van der Waals surface area contributed by atoms with Crippen molar-refractivity contribution in [2.24, 2.45) is 5.92 Å². The largest absolute Gasteiger partial charge is 0.396 e. The molecule has 1 aromatic rings. The zero-order valence-corrected chi connectivity index (χ0v) is 11.2. The fourth-order valence-corrected chi connectivity index (χ4v) is 3.05. The molecule has 18 heavy (non-hydrogen) atoms. The van der Waals surface area contributed by atoms with E-state index in [2.05, 4.69) is 30.0 Å². The van der Waals surface area contributed by atoms with Crippen LogP contribution in [0.5, 0.6) is 0 Å². The second-order valence-corrected chi connectivity index (χ2v) is 5.96. The number of nitrogens with zero attached hydrogens (tertiary/aromatic N) is 1. The van der Waals surface area contributed by atoms with E-state index in [1.807, 2.05) is 0 Å². The SMILES string of the molecule is CC(CO)c1ccc2c(c1)N(CC1CCC1)CC2. The van der Waals surface area contributed by atoms with Crippen molar-refractivity contribution >= 4 is 5.69 Å². The van der Waals surface area contributed by atoms with Gasteiger partial charge in [-0.05, 0) is 42.4 Å². The highest BCUT2D eigenvalue weighted by Crippen LogP contribution is 2.35. The number of aliphatic hydroxyl groups excluding tert-OH is 1. The minimum atomic E-state index is 0.238. The Morgan fingerprint density at radius 1 is 1.39 bits per heavy atom. The van der Waals surface area contributed by atoms with Crippen molar-refractivity contribution in [2.75, 3.05) is 24.6 Å². The van der Waals surface area contributed by atoms with Crippen molar-refractivity contribution < 1.29 is 5.11 Å². The lowest BCUT2D eigenvalue weighted by molar-refractivity contribution is 0.273. The smallest absolute Gasteiger partial charge is 0.0497 e. The van der Waals surface area contributed by atoms with Gasteiger partial charge >= 0.3 is 0 Å². The molecule has 0 bridgehead atoms. The number of fused-ring (bicyclic) bond motifs is 1. The molecule has 1 atom stereocenters. The molecule has 1 unspecified atom stereocenters.